The van der Waals surface area contributed by atoms with Gasteiger partial charge in [0.2, 0.25) is 5.91 Å². The number of hydrogen-bond acceptors (Lipinski definition) is 3. The van der Waals surface area contributed by atoms with Crippen molar-refractivity contribution >= 4 is 34.0 Å². The van der Waals surface area contributed by atoms with Gasteiger partial charge in [0.1, 0.15) is 5.71 Å². The van der Waals surface area contributed by atoms with Crippen LogP contribution in [-0.2, 0) is 9.59 Å². The molecular weight excluding hydrogens is 266 g/mol. The van der Waals surface area contributed by atoms with Gasteiger partial charge in [0.25, 0.3) is 5.91 Å². The quantitative estimate of drug-likeness (QED) is 0.918. The predicted octanol–water partition coefficient (Wildman–Crippen LogP) is 2.39. The molecule has 0 aliphatic carbocycles. The van der Waals surface area contributed by atoms with Crippen molar-refractivity contribution in [3.8, 4) is 0 Å². The van der Waals surface area contributed by atoms with Gasteiger partial charge >= 0.3 is 0 Å². The van der Waals surface area contributed by atoms with E-state index in [2.05, 4.69) is 10.4 Å². The molecule has 0 spiro atoms. The number of amides is 2. The normalized spacial score (nSPS) is 15.0. The van der Waals surface area contributed by atoms with Crippen LogP contribution in [0.3, 0.4) is 0 Å². The Balaban J connectivity index is 1.87. The molecule has 0 radical (unpaired) electrons. The molecule has 3 rings (SSSR count). The average Bonchev–Trinajstić information content (AvgIpc) is 2.50. The van der Waals surface area contributed by atoms with E-state index < -0.39 is 0 Å². The fourth-order valence-electron chi connectivity index (χ4n) is 2.36. The molecule has 0 fully saturated rings. The summed E-state index contributed by atoms with van der Waals surface area (Å²) in [6, 6.07) is 13.6. The molecule has 0 unspecified atom stereocenters. The zero-order valence-electron chi connectivity index (χ0n) is 11.7. The van der Waals surface area contributed by atoms with Gasteiger partial charge in [-0.15, -0.1) is 0 Å². The monoisotopic (exact) mass is 281 g/mol. The summed E-state index contributed by atoms with van der Waals surface area (Å²) in [5.41, 5.74) is 1.13. The minimum Gasteiger partial charge on any atom is -0.320 e. The third-order valence-corrected chi connectivity index (χ3v) is 3.51. The van der Waals surface area contributed by atoms with Gasteiger partial charge in [-0.05, 0) is 11.5 Å². The number of rotatable bonds is 2. The number of nitrogens with zero attached hydrogens (tertiary/aromatic N) is 2. The Morgan fingerprint density at radius 1 is 1.14 bits per heavy atom. The highest BCUT2D eigenvalue weighted by atomic mass is 16.2. The fourth-order valence-corrected chi connectivity index (χ4v) is 2.36. The lowest BCUT2D eigenvalue weighted by atomic mass is 10.1. The van der Waals surface area contributed by atoms with E-state index in [1.165, 1.54) is 5.01 Å². The number of carbonyl (C=O) groups is 2. The van der Waals surface area contributed by atoms with E-state index in [0.717, 1.165) is 16.5 Å². The molecule has 2 amide bonds. The maximum Gasteiger partial charge on any atom is 0.271 e. The van der Waals surface area contributed by atoms with Crippen LogP contribution in [-0.4, -0.2) is 29.6 Å². The molecule has 0 atom stereocenters. The zero-order chi connectivity index (χ0) is 14.8. The van der Waals surface area contributed by atoms with Crippen LogP contribution in [0, 0.1) is 0 Å². The van der Waals surface area contributed by atoms with E-state index >= 15 is 0 Å². The fraction of sp³-hybridized carbons (Fsp3) is 0.188. The van der Waals surface area contributed by atoms with Crippen molar-refractivity contribution in [1.29, 1.82) is 0 Å². The number of anilines is 1. The van der Waals surface area contributed by atoms with Crippen LogP contribution in [0.4, 0.5) is 5.69 Å². The first kappa shape index (κ1) is 13.3. The third kappa shape index (κ3) is 2.63. The van der Waals surface area contributed by atoms with Crippen molar-refractivity contribution in [2.24, 2.45) is 5.10 Å². The van der Waals surface area contributed by atoms with Gasteiger partial charge in [0, 0.05) is 31.0 Å². The Bertz CT molecular complexity index is 747. The molecule has 106 valence electrons. The first-order valence-corrected chi connectivity index (χ1v) is 6.78. The molecule has 5 heteroatoms. The van der Waals surface area contributed by atoms with Crippen molar-refractivity contribution < 1.29 is 9.59 Å². The molecule has 2 aromatic carbocycles. The SMILES string of the molecule is CN1N=C(C(=O)Nc2cccc3ccccc23)CCC1=O. The number of fused-ring (bicyclic) bond motifs is 1. The van der Waals surface area contributed by atoms with Crippen molar-refractivity contribution in [3.63, 3.8) is 0 Å². The summed E-state index contributed by atoms with van der Waals surface area (Å²) in [5.74, 6) is -0.331. The molecule has 5 nitrogen and oxygen atoms in total. The van der Waals surface area contributed by atoms with Gasteiger partial charge in [0.05, 0.1) is 0 Å². The highest BCUT2D eigenvalue weighted by molar-refractivity contribution is 6.44. The first-order valence-electron chi connectivity index (χ1n) is 6.78. The van der Waals surface area contributed by atoms with Crippen LogP contribution in [0.1, 0.15) is 12.8 Å². The maximum atomic E-state index is 12.3. The molecule has 2 aromatic rings. The van der Waals surface area contributed by atoms with Crippen molar-refractivity contribution in [1.82, 2.24) is 5.01 Å². The van der Waals surface area contributed by atoms with Crippen LogP contribution >= 0.6 is 0 Å². The average molecular weight is 281 g/mol. The summed E-state index contributed by atoms with van der Waals surface area (Å²) in [5, 5.41) is 10.2. The number of nitrogens with one attached hydrogen (secondary N) is 1. The Morgan fingerprint density at radius 3 is 2.71 bits per heavy atom. The lowest BCUT2D eigenvalue weighted by molar-refractivity contribution is -0.130. The Hall–Kier alpha value is -2.69. The predicted molar refractivity (Wildman–Crippen MR) is 82.0 cm³/mol. The molecule has 0 aromatic heterocycles. The molecule has 21 heavy (non-hydrogen) atoms. The van der Waals surface area contributed by atoms with E-state index in [-0.39, 0.29) is 11.8 Å². The van der Waals surface area contributed by atoms with E-state index in [4.69, 9.17) is 0 Å². The van der Waals surface area contributed by atoms with Crippen molar-refractivity contribution in [2.45, 2.75) is 12.8 Å². The van der Waals surface area contributed by atoms with Crippen LogP contribution in [0.5, 0.6) is 0 Å². The van der Waals surface area contributed by atoms with Crippen LogP contribution in [0.25, 0.3) is 10.8 Å². The number of benzene rings is 2. The molecule has 1 aliphatic heterocycles. The summed E-state index contributed by atoms with van der Waals surface area (Å²) < 4.78 is 0. The number of hydrogen-bond donors (Lipinski definition) is 1. The van der Waals surface area contributed by atoms with Gasteiger partial charge in [-0.2, -0.15) is 5.10 Å². The van der Waals surface area contributed by atoms with Gasteiger partial charge in [-0.3, -0.25) is 9.59 Å². The topological polar surface area (TPSA) is 61.8 Å². The molecular formula is C16H15N3O2. The molecule has 1 heterocycles. The number of carbonyl (C=O) groups excluding carboxylic acids is 2. The summed E-state index contributed by atoms with van der Waals surface area (Å²) in [6.07, 6.45) is 0.693. The van der Waals surface area contributed by atoms with Gasteiger partial charge in [-0.25, -0.2) is 5.01 Å². The highest BCUT2D eigenvalue weighted by Gasteiger charge is 2.22. The minimum atomic E-state index is -0.259. The van der Waals surface area contributed by atoms with Crippen LogP contribution in [0.2, 0.25) is 0 Å². The zero-order valence-corrected chi connectivity index (χ0v) is 11.7. The second kappa shape index (κ2) is 5.36. The molecule has 0 bridgehead atoms. The van der Waals surface area contributed by atoms with E-state index in [1.54, 1.807) is 7.05 Å². The van der Waals surface area contributed by atoms with E-state index in [0.29, 0.717) is 18.6 Å². The summed E-state index contributed by atoms with van der Waals surface area (Å²) >= 11 is 0. The van der Waals surface area contributed by atoms with Crippen LogP contribution < -0.4 is 5.32 Å². The Morgan fingerprint density at radius 2 is 1.90 bits per heavy atom. The summed E-state index contributed by atoms with van der Waals surface area (Å²) in [7, 11) is 1.56. The van der Waals surface area contributed by atoms with Crippen molar-refractivity contribution in [3.05, 3.63) is 42.5 Å². The smallest absolute Gasteiger partial charge is 0.271 e. The molecule has 1 N–H and O–H groups in total. The third-order valence-electron chi connectivity index (χ3n) is 3.51. The van der Waals surface area contributed by atoms with E-state index in [1.807, 2.05) is 42.5 Å². The Labute approximate surface area is 122 Å². The molecule has 0 saturated carbocycles. The van der Waals surface area contributed by atoms with E-state index in [9.17, 15) is 9.59 Å². The minimum absolute atomic E-state index is 0.0725. The van der Waals surface area contributed by atoms with Gasteiger partial charge in [-0.1, -0.05) is 36.4 Å². The molecule has 0 saturated heterocycles. The lowest BCUT2D eigenvalue weighted by Gasteiger charge is -2.19. The second-order valence-corrected chi connectivity index (χ2v) is 4.94. The van der Waals surface area contributed by atoms with Crippen molar-refractivity contribution in [2.75, 3.05) is 12.4 Å². The summed E-state index contributed by atoms with van der Waals surface area (Å²) in [6.45, 7) is 0. The number of hydrazone groups is 1. The van der Waals surface area contributed by atoms with Gasteiger partial charge < -0.3 is 5.32 Å². The standard InChI is InChI=1S/C16H15N3O2/c1-19-15(20)10-9-14(18-19)16(21)17-13-8-4-6-11-5-2-3-7-12(11)13/h2-8H,9-10H2,1H3,(H,17,21). The Kier molecular flexibility index (Phi) is 3.39. The van der Waals surface area contributed by atoms with Crippen LogP contribution in [0.15, 0.2) is 47.6 Å². The largest absolute Gasteiger partial charge is 0.320 e. The van der Waals surface area contributed by atoms with Gasteiger partial charge in [0.15, 0.2) is 0 Å². The lowest BCUT2D eigenvalue weighted by Crippen LogP contribution is -2.34. The maximum absolute atomic E-state index is 12.3. The summed E-state index contributed by atoms with van der Waals surface area (Å²) in [4.78, 5) is 23.7. The molecule has 1 aliphatic rings. The highest BCUT2D eigenvalue weighted by Crippen LogP contribution is 2.23. The second-order valence-electron chi connectivity index (χ2n) is 4.94. The first-order chi connectivity index (χ1) is 10.1.